The molecule has 0 saturated heterocycles. The number of rotatable bonds is 3. The largest absolute Gasteiger partial charge is 0.294 e. The van der Waals surface area contributed by atoms with Crippen molar-refractivity contribution in [2.24, 2.45) is 0 Å². The highest BCUT2D eigenvalue weighted by Gasteiger charge is 2.17. The minimum Gasteiger partial charge on any atom is -0.294 e. The second kappa shape index (κ2) is 5.10. The lowest BCUT2D eigenvalue weighted by atomic mass is 10.0. The van der Waals surface area contributed by atoms with Crippen molar-refractivity contribution in [3.8, 4) is 0 Å². The van der Waals surface area contributed by atoms with Crippen molar-refractivity contribution >= 4 is 29.8 Å². The molecule has 0 fully saturated rings. The first-order chi connectivity index (χ1) is 9.79. The Labute approximate surface area is 116 Å². The van der Waals surface area contributed by atoms with Gasteiger partial charge in [0.1, 0.15) is 0 Å². The maximum absolute atomic E-state index is 11.9. The van der Waals surface area contributed by atoms with Gasteiger partial charge in [0, 0.05) is 5.57 Å². The third kappa shape index (κ3) is 2.12. The first-order valence-corrected chi connectivity index (χ1v) is 6.37. The maximum Gasteiger partial charge on any atom is 0.226 e. The predicted molar refractivity (Wildman–Crippen MR) is 79.1 cm³/mol. The van der Waals surface area contributed by atoms with Crippen LogP contribution < -0.4 is 10.4 Å². The van der Waals surface area contributed by atoms with Gasteiger partial charge in [0.25, 0.3) is 0 Å². The lowest BCUT2D eigenvalue weighted by Gasteiger charge is -2.00. The average molecular weight is 260 g/mol. The van der Waals surface area contributed by atoms with E-state index >= 15 is 0 Å². The molecule has 0 N–H and O–H groups in total. The van der Waals surface area contributed by atoms with Crippen LogP contribution in [-0.2, 0) is 9.59 Å². The summed E-state index contributed by atoms with van der Waals surface area (Å²) in [6.07, 6.45) is 4.25. The monoisotopic (exact) mass is 260 g/mol. The minimum absolute atomic E-state index is 0.379. The number of benzene rings is 2. The normalized spacial score (nSPS) is 14.8. The Morgan fingerprint density at radius 1 is 0.900 bits per heavy atom. The fourth-order valence-corrected chi connectivity index (χ4v) is 2.42. The Balaban J connectivity index is 2.24. The zero-order chi connectivity index (χ0) is 13.9. The van der Waals surface area contributed by atoms with E-state index in [4.69, 9.17) is 0 Å². The minimum atomic E-state index is -0.478. The highest BCUT2D eigenvalue weighted by atomic mass is 16.2. The fourth-order valence-electron chi connectivity index (χ4n) is 2.42. The van der Waals surface area contributed by atoms with Crippen molar-refractivity contribution in [2.75, 3.05) is 0 Å². The summed E-state index contributed by atoms with van der Waals surface area (Å²) in [6, 6.07) is 17.4. The lowest BCUT2D eigenvalue weighted by Crippen LogP contribution is -2.24. The second-order valence-electron chi connectivity index (χ2n) is 4.60. The van der Waals surface area contributed by atoms with E-state index in [1.54, 1.807) is 0 Å². The molecule has 0 unspecified atom stereocenters. The van der Waals surface area contributed by atoms with Crippen LogP contribution in [0.4, 0.5) is 0 Å². The lowest BCUT2D eigenvalue weighted by molar-refractivity contribution is -0.126. The number of Topliss-reactive ketones (excluding diaryl/α,β-unsaturated/α-hetero) is 1. The molecular weight excluding hydrogens is 248 g/mol. The van der Waals surface area contributed by atoms with Gasteiger partial charge >= 0.3 is 0 Å². The molecule has 1 aliphatic rings. The van der Waals surface area contributed by atoms with Crippen molar-refractivity contribution in [2.45, 2.75) is 0 Å². The molecule has 0 saturated carbocycles. The summed E-state index contributed by atoms with van der Waals surface area (Å²) in [4.78, 5) is 22.8. The van der Waals surface area contributed by atoms with Crippen LogP contribution in [0.15, 0.2) is 60.2 Å². The summed E-state index contributed by atoms with van der Waals surface area (Å²) >= 11 is 0. The topological polar surface area (TPSA) is 34.1 Å². The number of carbonyl (C=O) groups is 2. The van der Waals surface area contributed by atoms with Crippen LogP contribution in [0.3, 0.4) is 0 Å². The van der Waals surface area contributed by atoms with E-state index in [-0.39, 0.29) is 0 Å². The number of hydrogen-bond acceptors (Lipinski definition) is 2. The van der Waals surface area contributed by atoms with Gasteiger partial charge in [0.05, 0.1) is 0 Å². The predicted octanol–water partition coefficient (Wildman–Crippen LogP) is 1.48. The van der Waals surface area contributed by atoms with Crippen LogP contribution in [0.2, 0.25) is 0 Å². The highest BCUT2D eigenvalue weighted by molar-refractivity contribution is 6.47. The van der Waals surface area contributed by atoms with Crippen LogP contribution in [-0.4, -0.2) is 12.1 Å². The number of fused-ring (bicyclic) bond motifs is 1. The molecule has 0 aromatic heterocycles. The molecule has 2 aromatic rings. The number of carbonyl (C=O) groups excluding carboxylic acids is 2. The van der Waals surface area contributed by atoms with Crippen LogP contribution in [0.1, 0.15) is 5.56 Å². The SMILES string of the molecule is O=CC(=O)C1=c2ccccc2=CC1=Cc1ccccc1. The van der Waals surface area contributed by atoms with Gasteiger partial charge in [-0.05, 0) is 33.7 Å². The quantitative estimate of drug-likeness (QED) is 0.619. The Morgan fingerprint density at radius 3 is 2.35 bits per heavy atom. The molecule has 0 bridgehead atoms. The second-order valence-corrected chi connectivity index (χ2v) is 4.60. The molecule has 0 radical (unpaired) electrons. The van der Waals surface area contributed by atoms with Crippen molar-refractivity contribution in [3.63, 3.8) is 0 Å². The molecule has 0 amide bonds. The Morgan fingerprint density at radius 2 is 1.60 bits per heavy atom. The number of allylic oxidation sites excluding steroid dienone is 1. The first-order valence-electron chi connectivity index (χ1n) is 6.37. The summed E-state index contributed by atoms with van der Waals surface area (Å²) in [5, 5.41) is 1.80. The zero-order valence-electron chi connectivity index (χ0n) is 10.7. The third-order valence-corrected chi connectivity index (χ3v) is 3.30. The van der Waals surface area contributed by atoms with Crippen molar-refractivity contribution < 1.29 is 9.59 Å². The first kappa shape index (κ1) is 12.3. The summed E-state index contributed by atoms with van der Waals surface area (Å²) in [7, 11) is 0. The van der Waals surface area contributed by atoms with Crippen molar-refractivity contribution in [1.82, 2.24) is 0 Å². The van der Waals surface area contributed by atoms with Crippen LogP contribution >= 0.6 is 0 Å². The summed E-state index contributed by atoms with van der Waals surface area (Å²) in [6.45, 7) is 0. The summed E-state index contributed by atoms with van der Waals surface area (Å²) in [5.41, 5.74) is 2.27. The molecule has 20 heavy (non-hydrogen) atoms. The maximum atomic E-state index is 11.9. The van der Waals surface area contributed by atoms with Gasteiger partial charge in [-0.2, -0.15) is 0 Å². The Kier molecular flexibility index (Phi) is 3.13. The van der Waals surface area contributed by atoms with Crippen molar-refractivity contribution in [3.05, 3.63) is 76.2 Å². The van der Waals surface area contributed by atoms with E-state index in [0.29, 0.717) is 11.9 Å². The van der Waals surface area contributed by atoms with Crippen LogP contribution in [0.25, 0.3) is 17.7 Å². The van der Waals surface area contributed by atoms with E-state index in [0.717, 1.165) is 21.6 Å². The smallest absolute Gasteiger partial charge is 0.226 e. The van der Waals surface area contributed by atoms with E-state index in [1.807, 2.05) is 66.7 Å². The molecule has 0 atom stereocenters. The summed E-state index contributed by atoms with van der Waals surface area (Å²) < 4.78 is 0. The standard InChI is InChI=1S/C18H12O2/c19-12-17(20)18-15(10-13-6-2-1-3-7-13)11-14-8-4-5-9-16(14)18/h1-12H. The molecule has 2 heteroatoms. The fraction of sp³-hybridized carbons (Fsp3) is 0. The number of aldehydes is 1. The molecule has 1 aliphatic carbocycles. The molecule has 2 aromatic carbocycles. The van der Waals surface area contributed by atoms with Crippen LogP contribution in [0, 0.1) is 0 Å². The highest BCUT2D eigenvalue weighted by Crippen LogP contribution is 2.19. The molecule has 96 valence electrons. The zero-order valence-corrected chi connectivity index (χ0v) is 10.7. The van der Waals surface area contributed by atoms with E-state index in [1.165, 1.54) is 0 Å². The van der Waals surface area contributed by atoms with Gasteiger partial charge in [-0.15, -0.1) is 0 Å². The van der Waals surface area contributed by atoms with E-state index in [2.05, 4.69) is 0 Å². The molecule has 0 aliphatic heterocycles. The molecule has 3 rings (SSSR count). The molecule has 0 heterocycles. The third-order valence-electron chi connectivity index (χ3n) is 3.30. The Hall–Kier alpha value is -2.74. The van der Waals surface area contributed by atoms with Gasteiger partial charge in [0.15, 0.2) is 6.29 Å². The van der Waals surface area contributed by atoms with Gasteiger partial charge < -0.3 is 0 Å². The van der Waals surface area contributed by atoms with Crippen LogP contribution in [0.5, 0.6) is 0 Å². The average Bonchev–Trinajstić information content (AvgIpc) is 2.85. The number of ketones is 1. The van der Waals surface area contributed by atoms with E-state index in [9.17, 15) is 9.59 Å². The van der Waals surface area contributed by atoms with Gasteiger partial charge in [0.2, 0.25) is 5.78 Å². The summed E-state index contributed by atoms with van der Waals surface area (Å²) in [5.74, 6) is -0.478. The van der Waals surface area contributed by atoms with Gasteiger partial charge in [-0.3, -0.25) is 9.59 Å². The van der Waals surface area contributed by atoms with Gasteiger partial charge in [-0.1, -0.05) is 54.6 Å². The van der Waals surface area contributed by atoms with Crippen molar-refractivity contribution in [1.29, 1.82) is 0 Å². The Bertz CT molecular complexity index is 827. The van der Waals surface area contributed by atoms with Gasteiger partial charge in [-0.25, -0.2) is 0 Å². The number of hydrogen-bond donors (Lipinski definition) is 0. The molecular formula is C18H12O2. The van der Waals surface area contributed by atoms with E-state index < -0.39 is 5.78 Å². The molecule has 2 nitrogen and oxygen atoms in total. The molecule has 0 spiro atoms.